The number of aliphatic hydroxyl groups is 1. The van der Waals surface area contributed by atoms with Gasteiger partial charge in [-0.1, -0.05) is 36.4 Å². The summed E-state index contributed by atoms with van der Waals surface area (Å²) in [5.74, 6) is -0.194. The third-order valence-electron chi connectivity index (χ3n) is 9.24. The molecule has 2 N–H and O–H groups in total. The third-order valence-corrected chi connectivity index (χ3v) is 10.3. The number of amides is 2. The van der Waals surface area contributed by atoms with Gasteiger partial charge in [0.1, 0.15) is 5.82 Å². The number of benzene rings is 2. The molecule has 3 aromatic heterocycles. The number of hydrogen-bond donors (Lipinski definition) is 2. The lowest BCUT2D eigenvalue weighted by molar-refractivity contribution is 0.0775. The molecule has 232 valence electrons. The number of carbonyl (C=O) groups is 2. The standard InChI is InChI=1S/C35H30FN5O4S/c1-18-39-40-34(45-18)29-24(17-26(42)20-8-11-21(36)12-9-20)37-32-25-7-4-16-41(25)35(44)31(32)30(29)27-14-15-28(46-27)33(43)38-23-13-10-19-5-2-3-6-22(19)23/h2-3,5-6,8-9,11-12,14-15,23,25-26,42H,4,7,10,13,16-17H2,1H3,(H,38,43)/t23-,25-,26+/m1/s1. The molecule has 9 nitrogen and oxygen atoms in total. The van der Waals surface area contributed by atoms with E-state index in [2.05, 4.69) is 27.6 Å². The van der Waals surface area contributed by atoms with E-state index in [1.165, 1.54) is 29.0 Å². The number of fused-ring (bicyclic) bond motifs is 4. The zero-order chi connectivity index (χ0) is 31.5. The fourth-order valence-electron chi connectivity index (χ4n) is 7.09. The Labute approximate surface area is 268 Å². The molecule has 2 aliphatic heterocycles. The van der Waals surface area contributed by atoms with Crippen molar-refractivity contribution in [3.8, 4) is 21.9 Å². The molecule has 0 saturated carbocycles. The number of aliphatic hydroxyl groups excluding tert-OH is 1. The normalized spacial score (nSPS) is 18.8. The molecule has 2 amide bonds. The average molecular weight is 636 g/mol. The summed E-state index contributed by atoms with van der Waals surface area (Å²) in [6, 6.07) is 17.2. The Balaban J connectivity index is 1.24. The van der Waals surface area contributed by atoms with Crippen LogP contribution >= 0.6 is 11.3 Å². The van der Waals surface area contributed by atoms with Crippen LogP contribution in [-0.2, 0) is 12.8 Å². The monoisotopic (exact) mass is 635 g/mol. The van der Waals surface area contributed by atoms with Gasteiger partial charge < -0.3 is 19.7 Å². The fraction of sp³-hybridized carbons (Fsp3) is 0.286. The first-order valence-electron chi connectivity index (χ1n) is 15.5. The van der Waals surface area contributed by atoms with E-state index in [0.717, 1.165) is 31.2 Å². The Morgan fingerprint density at radius 3 is 2.72 bits per heavy atom. The quantitative estimate of drug-likeness (QED) is 0.216. The molecule has 5 heterocycles. The molecule has 3 atom stereocenters. The van der Waals surface area contributed by atoms with Gasteiger partial charge >= 0.3 is 0 Å². The molecule has 3 aliphatic rings. The van der Waals surface area contributed by atoms with Crippen molar-refractivity contribution in [3.63, 3.8) is 0 Å². The smallest absolute Gasteiger partial charge is 0.261 e. The fourth-order valence-corrected chi connectivity index (χ4v) is 8.06. The zero-order valence-electron chi connectivity index (χ0n) is 25.0. The molecule has 8 rings (SSSR count). The van der Waals surface area contributed by atoms with Crippen molar-refractivity contribution >= 4 is 23.2 Å². The minimum atomic E-state index is -1.02. The summed E-state index contributed by atoms with van der Waals surface area (Å²) < 4.78 is 19.6. The largest absolute Gasteiger partial charge is 0.421 e. The number of aromatic nitrogens is 3. The molecule has 5 aromatic rings. The van der Waals surface area contributed by atoms with Crippen LogP contribution in [0.5, 0.6) is 0 Å². The van der Waals surface area contributed by atoms with E-state index in [0.29, 0.717) is 55.8 Å². The molecule has 1 aliphatic carbocycles. The van der Waals surface area contributed by atoms with Crippen LogP contribution in [0.2, 0.25) is 0 Å². The predicted molar refractivity (Wildman–Crippen MR) is 169 cm³/mol. The first-order chi connectivity index (χ1) is 22.4. The summed E-state index contributed by atoms with van der Waals surface area (Å²) in [7, 11) is 0. The summed E-state index contributed by atoms with van der Waals surface area (Å²) in [5.41, 5.74) is 5.55. The van der Waals surface area contributed by atoms with Crippen molar-refractivity contribution in [2.24, 2.45) is 0 Å². The maximum absolute atomic E-state index is 14.0. The van der Waals surface area contributed by atoms with E-state index in [4.69, 9.17) is 9.40 Å². The van der Waals surface area contributed by atoms with Crippen molar-refractivity contribution in [1.82, 2.24) is 25.4 Å². The van der Waals surface area contributed by atoms with Crippen LogP contribution in [-0.4, -0.2) is 43.5 Å². The van der Waals surface area contributed by atoms with Crippen LogP contribution in [0.25, 0.3) is 21.9 Å². The number of nitrogens with one attached hydrogen (secondary N) is 1. The van der Waals surface area contributed by atoms with Gasteiger partial charge in [0.25, 0.3) is 11.8 Å². The van der Waals surface area contributed by atoms with Crippen LogP contribution in [0, 0.1) is 12.7 Å². The van der Waals surface area contributed by atoms with Crippen molar-refractivity contribution in [3.05, 3.63) is 111 Å². The molecule has 1 fully saturated rings. The van der Waals surface area contributed by atoms with E-state index in [9.17, 15) is 19.1 Å². The lowest BCUT2D eigenvalue weighted by Crippen LogP contribution is -2.26. The van der Waals surface area contributed by atoms with Gasteiger partial charge in [-0.25, -0.2) is 4.39 Å². The highest BCUT2D eigenvalue weighted by molar-refractivity contribution is 7.17. The maximum atomic E-state index is 14.0. The van der Waals surface area contributed by atoms with Crippen LogP contribution < -0.4 is 5.32 Å². The number of thiophene rings is 1. The summed E-state index contributed by atoms with van der Waals surface area (Å²) in [5, 5.41) is 22.9. The number of halogens is 1. The number of rotatable bonds is 7. The van der Waals surface area contributed by atoms with Crippen LogP contribution in [0.15, 0.2) is 65.1 Å². The SMILES string of the molecule is Cc1nnc(-c2c(C[C@H](O)c3ccc(F)cc3)nc3c(c2-c2ccc(C(=O)N[C@@H]4CCc5ccccc54)s2)C(=O)N2CCC[C@H]32)o1. The highest BCUT2D eigenvalue weighted by Gasteiger charge is 2.45. The van der Waals surface area contributed by atoms with E-state index in [1.807, 2.05) is 23.1 Å². The highest BCUT2D eigenvalue weighted by Crippen LogP contribution is 2.49. The minimum absolute atomic E-state index is 0.0589. The second-order valence-electron chi connectivity index (χ2n) is 12.1. The molecule has 0 bridgehead atoms. The van der Waals surface area contributed by atoms with Gasteiger partial charge in [-0.05, 0) is 66.6 Å². The number of pyridine rings is 1. The van der Waals surface area contributed by atoms with Gasteiger partial charge in [-0.3, -0.25) is 14.6 Å². The van der Waals surface area contributed by atoms with Gasteiger partial charge in [0, 0.05) is 30.3 Å². The molecule has 0 radical (unpaired) electrons. The molecule has 1 saturated heterocycles. The number of aryl methyl sites for hydroxylation is 2. The van der Waals surface area contributed by atoms with Gasteiger partial charge in [-0.2, -0.15) is 0 Å². The number of hydrogen-bond acceptors (Lipinski definition) is 8. The molecule has 0 unspecified atom stereocenters. The lowest BCUT2D eigenvalue weighted by Gasteiger charge is -2.18. The third kappa shape index (κ3) is 4.81. The molecular weight excluding hydrogens is 605 g/mol. The summed E-state index contributed by atoms with van der Waals surface area (Å²) in [6.07, 6.45) is 2.46. The maximum Gasteiger partial charge on any atom is 0.261 e. The predicted octanol–water partition coefficient (Wildman–Crippen LogP) is 6.29. The van der Waals surface area contributed by atoms with E-state index in [-0.39, 0.29) is 36.2 Å². The Bertz CT molecular complexity index is 2000. The van der Waals surface area contributed by atoms with Crippen LogP contribution in [0.4, 0.5) is 4.39 Å². The second kappa shape index (κ2) is 11.3. The van der Waals surface area contributed by atoms with Gasteiger partial charge in [0.05, 0.1) is 45.6 Å². The van der Waals surface area contributed by atoms with Crippen molar-refractivity contribution in [1.29, 1.82) is 0 Å². The summed E-state index contributed by atoms with van der Waals surface area (Å²) in [6.45, 7) is 2.31. The molecular formula is C35H30FN5O4S. The van der Waals surface area contributed by atoms with E-state index >= 15 is 0 Å². The zero-order valence-corrected chi connectivity index (χ0v) is 25.8. The molecule has 2 aromatic carbocycles. The molecule has 11 heteroatoms. The van der Waals surface area contributed by atoms with Gasteiger partial charge in [0.15, 0.2) is 0 Å². The van der Waals surface area contributed by atoms with Crippen molar-refractivity contribution < 1.29 is 23.5 Å². The highest BCUT2D eigenvalue weighted by atomic mass is 32.1. The Morgan fingerprint density at radius 1 is 1.09 bits per heavy atom. The van der Waals surface area contributed by atoms with Gasteiger partial charge in [0.2, 0.25) is 11.8 Å². The van der Waals surface area contributed by atoms with Crippen LogP contribution in [0.1, 0.15) is 91.4 Å². The number of nitrogens with zero attached hydrogens (tertiary/aromatic N) is 4. The topological polar surface area (TPSA) is 121 Å². The molecule has 46 heavy (non-hydrogen) atoms. The minimum Gasteiger partial charge on any atom is -0.421 e. The second-order valence-corrected chi connectivity index (χ2v) is 13.1. The Kier molecular flexibility index (Phi) is 7.02. The lowest BCUT2D eigenvalue weighted by atomic mass is 9.92. The first-order valence-corrected chi connectivity index (χ1v) is 16.3. The first kappa shape index (κ1) is 28.7. The number of carbonyl (C=O) groups excluding carboxylic acids is 2. The summed E-state index contributed by atoms with van der Waals surface area (Å²) >= 11 is 1.29. The van der Waals surface area contributed by atoms with Crippen molar-refractivity contribution in [2.75, 3.05) is 6.54 Å². The van der Waals surface area contributed by atoms with Crippen molar-refractivity contribution in [2.45, 2.75) is 57.2 Å². The average Bonchev–Trinajstić information content (AvgIpc) is 3.89. The van der Waals surface area contributed by atoms with Gasteiger partial charge in [-0.15, -0.1) is 21.5 Å². The summed E-state index contributed by atoms with van der Waals surface area (Å²) in [4.78, 5) is 35.7. The van der Waals surface area contributed by atoms with Crippen LogP contribution in [0.3, 0.4) is 0 Å². The van der Waals surface area contributed by atoms with E-state index < -0.39 is 11.9 Å². The molecule has 0 spiro atoms. The Morgan fingerprint density at radius 2 is 1.91 bits per heavy atom. The van der Waals surface area contributed by atoms with E-state index in [1.54, 1.807) is 25.1 Å². The Hall–Kier alpha value is -4.74.